The van der Waals surface area contributed by atoms with Crippen LogP contribution < -0.4 is 5.32 Å². The van der Waals surface area contributed by atoms with Crippen LogP contribution in [0.1, 0.15) is 32.6 Å². The number of carbonyl (C=O) groups is 1. The van der Waals surface area contributed by atoms with Crippen LogP contribution in [0, 0.1) is 0 Å². The monoisotopic (exact) mass is 284 g/mol. The predicted octanol–water partition coefficient (Wildman–Crippen LogP) is 2.27. The molecule has 112 valence electrons. The molecule has 1 heterocycles. The van der Waals surface area contributed by atoms with Gasteiger partial charge in [0.25, 0.3) is 5.91 Å². The van der Waals surface area contributed by atoms with Crippen molar-refractivity contribution in [3.63, 3.8) is 0 Å². The third kappa shape index (κ3) is 4.33. The largest absolute Gasteiger partial charge is 0.383 e. The van der Waals surface area contributed by atoms with Crippen molar-refractivity contribution < 1.29 is 22.4 Å². The number of amides is 1. The summed E-state index contributed by atoms with van der Waals surface area (Å²) in [5, 5.41) is 3.07. The number of unbranched alkanes of at least 4 members (excludes halogenated alkanes) is 1. The number of hydrogen-bond acceptors (Lipinski definition) is 2. The van der Waals surface area contributed by atoms with Gasteiger partial charge in [0, 0.05) is 19.1 Å². The van der Waals surface area contributed by atoms with Crippen LogP contribution in [0.2, 0.25) is 0 Å². The minimum atomic E-state index is -4.59. The van der Waals surface area contributed by atoms with Crippen molar-refractivity contribution in [3.8, 4) is 0 Å². The molecule has 0 radical (unpaired) electrons. The van der Waals surface area contributed by atoms with Crippen molar-refractivity contribution in [1.29, 1.82) is 0 Å². The maximum atomic E-state index is 13.1. The van der Waals surface area contributed by atoms with Crippen LogP contribution in [0.3, 0.4) is 0 Å². The van der Waals surface area contributed by atoms with Gasteiger partial charge in [-0.05, 0) is 25.8 Å². The van der Waals surface area contributed by atoms with E-state index in [0.29, 0.717) is 12.8 Å². The van der Waals surface area contributed by atoms with Gasteiger partial charge >= 0.3 is 12.3 Å². The van der Waals surface area contributed by atoms with Gasteiger partial charge in [-0.1, -0.05) is 13.3 Å². The highest BCUT2D eigenvalue weighted by Crippen LogP contribution is 2.26. The summed E-state index contributed by atoms with van der Waals surface area (Å²) >= 11 is 0. The van der Waals surface area contributed by atoms with Gasteiger partial charge < -0.3 is 10.2 Å². The first kappa shape index (κ1) is 16.2. The van der Waals surface area contributed by atoms with Gasteiger partial charge in [0.2, 0.25) is 0 Å². The van der Waals surface area contributed by atoms with Crippen molar-refractivity contribution in [1.82, 2.24) is 10.2 Å². The number of halogens is 4. The fourth-order valence-electron chi connectivity index (χ4n) is 2.11. The Balaban J connectivity index is 2.68. The lowest BCUT2D eigenvalue weighted by atomic mass is 10.2. The molecule has 1 N–H and O–H groups in total. The van der Waals surface area contributed by atoms with Crippen molar-refractivity contribution >= 4 is 5.91 Å². The first-order chi connectivity index (χ1) is 8.89. The van der Waals surface area contributed by atoms with E-state index < -0.39 is 18.3 Å². The standard InChI is InChI=1S/C12H20F4N2O/c1-2-3-7-18(8-9-5-4-6-17-9)11(19)12(15,16)10(13)14/h9-10,17H,2-8H2,1H3. The zero-order chi connectivity index (χ0) is 14.5. The van der Waals surface area contributed by atoms with E-state index in [1.54, 1.807) is 0 Å². The average molecular weight is 284 g/mol. The Morgan fingerprint density at radius 3 is 2.63 bits per heavy atom. The quantitative estimate of drug-likeness (QED) is 0.727. The van der Waals surface area contributed by atoms with Crippen LogP contribution >= 0.6 is 0 Å². The summed E-state index contributed by atoms with van der Waals surface area (Å²) in [6.45, 7) is 2.78. The van der Waals surface area contributed by atoms with E-state index in [2.05, 4.69) is 5.32 Å². The minimum Gasteiger partial charge on any atom is -0.336 e. The van der Waals surface area contributed by atoms with E-state index in [4.69, 9.17) is 0 Å². The Hall–Kier alpha value is -0.850. The molecule has 1 aliphatic heterocycles. The Morgan fingerprint density at radius 2 is 2.16 bits per heavy atom. The maximum Gasteiger partial charge on any atom is 0.383 e. The molecule has 3 nitrogen and oxygen atoms in total. The molecule has 1 atom stereocenters. The molecule has 0 aromatic rings. The number of nitrogens with one attached hydrogen (secondary N) is 1. The average Bonchev–Trinajstić information content (AvgIpc) is 2.86. The van der Waals surface area contributed by atoms with Gasteiger partial charge in [-0.2, -0.15) is 8.78 Å². The molecule has 1 aliphatic rings. The molecule has 19 heavy (non-hydrogen) atoms. The Morgan fingerprint density at radius 1 is 1.47 bits per heavy atom. The van der Waals surface area contributed by atoms with Gasteiger partial charge in [0.15, 0.2) is 0 Å². The van der Waals surface area contributed by atoms with E-state index in [0.717, 1.165) is 24.3 Å². The molecule has 1 fully saturated rings. The predicted molar refractivity (Wildman–Crippen MR) is 63.5 cm³/mol. The Kier molecular flexibility index (Phi) is 6.03. The molecule has 0 spiro atoms. The first-order valence-electron chi connectivity index (χ1n) is 6.58. The van der Waals surface area contributed by atoms with Gasteiger partial charge in [0.1, 0.15) is 0 Å². The van der Waals surface area contributed by atoms with E-state index in [1.165, 1.54) is 0 Å². The van der Waals surface area contributed by atoms with Crippen LogP contribution in [0.4, 0.5) is 17.6 Å². The van der Waals surface area contributed by atoms with Gasteiger partial charge in [0.05, 0.1) is 0 Å². The van der Waals surface area contributed by atoms with Crippen molar-refractivity contribution in [2.24, 2.45) is 0 Å². The van der Waals surface area contributed by atoms with Crippen LogP contribution in [-0.2, 0) is 4.79 Å². The zero-order valence-electron chi connectivity index (χ0n) is 11.0. The maximum absolute atomic E-state index is 13.1. The third-order valence-corrected chi connectivity index (χ3v) is 3.23. The first-order valence-corrected chi connectivity index (χ1v) is 6.58. The lowest BCUT2D eigenvalue weighted by Crippen LogP contribution is -2.51. The second-order valence-corrected chi connectivity index (χ2v) is 4.82. The molecule has 0 aliphatic carbocycles. The highest BCUT2D eigenvalue weighted by molar-refractivity contribution is 5.84. The number of carbonyl (C=O) groups excluding carboxylic acids is 1. The Labute approximate surface area is 110 Å². The summed E-state index contributed by atoms with van der Waals surface area (Å²) in [6, 6.07) is -0.0747. The van der Waals surface area contributed by atoms with E-state index in [1.807, 2.05) is 6.92 Å². The second kappa shape index (κ2) is 7.07. The summed E-state index contributed by atoms with van der Waals surface area (Å²) in [5.41, 5.74) is 0. The minimum absolute atomic E-state index is 0.0706. The van der Waals surface area contributed by atoms with Crippen molar-refractivity contribution in [3.05, 3.63) is 0 Å². The fraction of sp³-hybridized carbons (Fsp3) is 0.917. The number of alkyl halides is 4. The summed E-state index contributed by atoms with van der Waals surface area (Å²) in [7, 11) is 0. The van der Waals surface area contributed by atoms with E-state index >= 15 is 0 Å². The lowest BCUT2D eigenvalue weighted by molar-refractivity contribution is -0.181. The fourth-order valence-corrected chi connectivity index (χ4v) is 2.11. The molecule has 0 saturated carbocycles. The molecule has 1 amide bonds. The van der Waals surface area contributed by atoms with E-state index in [-0.39, 0.29) is 19.1 Å². The molecule has 0 bridgehead atoms. The third-order valence-electron chi connectivity index (χ3n) is 3.23. The summed E-state index contributed by atoms with van der Waals surface area (Å²) in [6.07, 6.45) is -1.04. The van der Waals surface area contributed by atoms with Crippen molar-refractivity contribution in [2.75, 3.05) is 19.6 Å². The summed E-state index contributed by atoms with van der Waals surface area (Å²) < 4.78 is 50.8. The molecular formula is C12H20F4N2O. The number of hydrogen-bond donors (Lipinski definition) is 1. The normalized spacial score (nSPS) is 20.0. The van der Waals surface area contributed by atoms with Crippen LogP contribution in [0.15, 0.2) is 0 Å². The SMILES string of the molecule is CCCCN(CC1CCCN1)C(=O)C(F)(F)C(F)F. The van der Waals surface area contributed by atoms with Gasteiger partial charge in [-0.3, -0.25) is 4.79 Å². The summed E-state index contributed by atoms with van der Waals surface area (Å²) in [4.78, 5) is 12.4. The topological polar surface area (TPSA) is 32.3 Å². The molecule has 1 unspecified atom stereocenters. The zero-order valence-corrected chi connectivity index (χ0v) is 11.0. The van der Waals surface area contributed by atoms with Crippen LogP contribution in [0.5, 0.6) is 0 Å². The van der Waals surface area contributed by atoms with Crippen LogP contribution in [0.25, 0.3) is 0 Å². The highest BCUT2D eigenvalue weighted by atomic mass is 19.3. The second-order valence-electron chi connectivity index (χ2n) is 4.82. The number of rotatable bonds is 7. The molecular weight excluding hydrogens is 264 g/mol. The van der Waals surface area contributed by atoms with E-state index in [9.17, 15) is 22.4 Å². The lowest BCUT2D eigenvalue weighted by Gasteiger charge is -2.29. The van der Waals surface area contributed by atoms with Crippen molar-refractivity contribution in [2.45, 2.75) is 51.0 Å². The molecule has 1 saturated heterocycles. The van der Waals surface area contributed by atoms with Crippen LogP contribution in [-0.4, -0.2) is 48.8 Å². The smallest absolute Gasteiger partial charge is 0.336 e. The Bertz CT molecular complexity index is 293. The highest BCUT2D eigenvalue weighted by Gasteiger charge is 2.51. The molecule has 1 rings (SSSR count). The van der Waals surface area contributed by atoms with Gasteiger partial charge in [-0.25, -0.2) is 8.78 Å². The number of nitrogens with zero attached hydrogens (tertiary/aromatic N) is 1. The molecule has 0 aromatic heterocycles. The molecule has 7 heteroatoms. The summed E-state index contributed by atoms with van der Waals surface area (Å²) in [5.74, 6) is -6.35. The van der Waals surface area contributed by atoms with Gasteiger partial charge in [-0.15, -0.1) is 0 Å². The molecule has 0 aromatic carbocycles.